The highest BCUT2D eigenvalue weighted by Gasteiger charge is 2.24. The normalized spacial score (nSPS) is 15.4. The summed E-state index contributed by atoms with van der Waals surface area (Å²) in [6.45, 7) is 0. The number of amides is 2. The zero-order valence-corrected chi connectivity index (χ0v) is 15.1. The minimum atomic E-state index is -0.685. The van der Waals surface area contributed by atoms with Gasteiger partial charge in [0, 0.05) is 17.4 Å². The summed E-state index contributed by atoms with van der Waals surface area (Å²) >= 11 is 0. The highest BCUT2D eigenvalue weighted by molar-refractivity contribution is 6.39. The summed E-state index contributed by atoms with van der Waals surface area (Å²) in [5.74, 6) is 0.0509. The Hall–Kier alpha value is -3.61. The van der Waals surface area contributed by atoms with Crippen molar-refractivity contribution in [1.29, 1.82) is 0 Å². The summed E-state index contributed by atoms with van der Waals surface area (Å²) in [6.07, 6.45) is 4.04. The van der Waals surface area contributed by atoms with Crippen molar-refractivity contribution in [2.45, 2.75) is 25.3 Å². The van der Waals surface area contributed by atoms with Gasteiger partial charge in [0.2, 0.25) is 0 Å². The van der Waals surface area contributed by atoms with E-state index in [9.17, 15) is 9.59 Å². The fourth-order valence-corrected chi connectivity index (χ4v) is 3.21. The van der Waals surface area contributed by atoms with Gasteiger partial charge < -0.3 is 15.4 Å². The van der Waals surface area contributed by atoms with E-state index in [4.69, 9.17) is 4.74 Å². The minimum absolute atomic E-state index is 0.0648. The highest BCUT2D eigenvalue weighted by Crippen LogP contribution is 2.23. The van der Waals surface area contributed by atoms with E-state index in [2.05, 4.69) is 20.8 Å². The molecular weight excluding hydrogens is 356 g/mol. The van der Waals surface area contributed by atoms with Gasteiger partial charge in [-0.3, -0.25) is 14.7 Å². The molecule has 0 bridgehead atoms. The highest BCUT2D eigenvalue weighted by atomic mass is 16.5. The zero-order valence-electron chi connectivity index (χ0n) is 15.1. The van der Waals surface area contributed by atoms with Gasteiger partial charge in [0.05, 0.1) is 6.20 Å². The molecule has 0 spiro atoms. The number of anilines is 1. The molecule has 2 aromatic carbocycles. The summed E-state index contributed by atoms with van der Waals surface area (Å²) in [6, 6.07) is 16.2. The van der Waals surface area contributed by atoms with Crippen molar-refractivity contribution < 1.29 is 14.3 Å². The molecule has 0 saturated carbocycles. The second kappa shape index (κ2) is 7.96. The Balaban J connectivity index is 1.30. The quantitative estimate of drug-likeness (QED) is 0.610. The number of ether oxygens (including phenoxy) is 1. The molecule has 142 valence electrons. The molecule has 0 fully saturated rings. The lowest BCUT2D eigenvalue weighted by atomic mass is 9.93. The Morgan fingerprint density at radius 3 is 2.54 bits per heavy atom. The number of benzene rings is 2. The van der Waals surface area contributed by atoms with Gasteiger partial charge >= 0.3 is 11.8 Å². The van der Waals surface area contributed by atoms with Crippen LogP contribution in [0.3, 0.4) is 0 Å². The summed E-state index contributed by atoms with van der Waals surface area (Å²) in [4.78, 5) is 24.4. The van der Waals surface area contributed by atoms with Gasteiger partial charge in [0.25, 0.3) is 0 Å². The van der Waals surface area contributed by atoms with Crippen LogP contribution < -0.4 is 15.4 Å². The van der Waals surface area contributed by atoms with Crippen LogP contribution in [0, 0.1) is 0 Å². The van der Waals surface area contributed by atoms with Crippen molar-refractivity contribution in [1.82, 2.24) is 15.5 Å². The maximum Gasteiger partial charge on any atom is 0.313 e. The van der Waals surface area contributed by atoms with Crippen LogP contribution >= 0.6 is 0 Å². The topological polar surface area (TPSA) is 96.1 Å². The Morgan fingerprint density at radius 2 is 1.75 bits per heavy atom. The average molecular weight is 376 g/mol. The van der Waals surface area contributed by atoms with Crippen LogP contribution in [-0.4, -0.2) is 28.1 Å². The van der Waals surface area contributed by atoms with Gasteiger partial charge in [-0.05, 0) is 61.2 Å². The first-order valence-corrected chi connectivity index (χ1v) is 9.13. The Morgan fingerprint density at radius 1 is 1.00 bits per heavy atom. The molecule has 0 unspecified atom stereocenters. The molecule has 0 radical (unpaired) electrons. The van der Waals surface area contributed by atoms with Crippen LogP contribution in [0.15, 0.2) is 60.8 Å². The molecule has 1 aliphatic rings. The van der Waals surface area contributed by atoms with Crippen molar-refractivity contribution in [2.24, 2.45) is 0 Å². The second-order valence-electron chi connectivity index (χ2n) is 6.68. The molecular formula is C21H20N4O3. The molecule has 2 amide bonds. The number of hydrogen-bond acceptors (Lipinski definition) is 4. The largest absolute Gasteiger partial charge is 0.457 e. The lowest BCUT2D eigenvalue weighted by Crippen LogP contribution is -2.44. The maximum absolute atomic E-state index is 12.2. The van der Waals surface area contributed by atoms with E-state index in [0.29, 0.717) is 17.9 Å². The van der Waals surface area contributed by atoms with E-state index < -0.39 is 11.8 Å². The molecule has 7 heteroatoms. The number of aryl methyl sites for hydroxylation is 1. The Labute approximate surface area is 162 Å². The molecule has 1 atom stereocenters. The molecule has 3 aromatic rings. The Kier molecular flexibility index (Phi) is 5.05. The van der Waals surface area contributed by atoms with Gasteiger partial charge in [0.15, 0.2) is 0 Å². The standard InChI is InChI=1S/C21H20N4O3/c26-20(21(27)24-16-8-11-19-14(12-16)13-22-25-19)23-15-6-9-18(10-7-15)28-17-4-2-1-3-5-17/h1-7,9-10,13,16H,8,11-12H2,(H,22,25)(H,23,26)(H,24,27)/t16-/m1/s1. The van der Waals surface area contributed by atoms with Crippen LogP contribution in [0.5, 0.6) is 11.5 Å². The minimum Gasteiger partial charge on any atom is -0.457 e. The number of rotatable bonds is 4. The maximum atomic E-state index is 12.2. The van der Waals surface area contributed by atoms with Gasteiger partial charge in [-0.2, -0.15) is 5.10 Å². The first-order chi connectivity index (χ1) is 13.7. The SMILES string of the molecule is O=C(Nc1ccc(Oc2ccccc2)cc1)C(=O)N[C@@H]1CCc2[nH]ncc2C1. The first-order valence-electron chi connectivity index (χ1n) is 9.13. The number of nitrogens with one attached hydrogen (secondary N) is 3. The number of hydrogen-bond donors (Lipinski definition) is 3. The third kappa shape index (κ3) is 4.20. The van der Waals surface area contributed by atoms with E-state index in [1.54, 1.807) is 30.5 Å². The zero-order chi connectivity index (χ0) is 19.3. The van der Waals surface area contributed by atoms with Crippen molar-refractivity contribution in [3.63, 3.8) is 0 Å². The van der Waals surface area contributed by atoms with Gasteiger partial charge in [-0.15, -0.1) is 0 Å². The number of nitrogens with zero attached hydrogens (tertiary/aromatic N) is 1. The van der Waals surface area contributed by atoms with Crippen LogP contribution in [0.1, 0.15) is 17.7 Å². The predicted molar refractivity (Wildman–Crippen MR) is 104 cm³/mol. The number of fused-ring (bicyclic) bond motifs is 1. The predicted octanol–water partition coefficient (Wildman–Crippen LogP) is 2.81. The van der Waals surface area contributed by atoms with Gasteiger partial charge in [-0.1, -0.05) is 18.2 Å². The molecule has 3 N–H and O–H groups in total. The molecule has 1 aromatic heterocycles. The van der Waals surface area contributed by atoms with Crippen LogP contribution in [0.25, 0.3) is 0 Å². The van der Waals surface area contributed by atoms with E-state index in [-0.39, 0.29) is 6.04 Å². The number of H-pyrrole nitrogens is 1. The fraction of sp³-hybridized carbons (Fsp3) is 0.190. The lowest BCUT2D eigenvalue weighted by Gasteiger charge is -2.22. The second-order valence-corrected chi connectivity index (χ2v) is 6.68. The third-order valence-electron chi connectivity index (χ3n) is 4.65. The van der Waals surface area contributed by atoms with Gasteiger partial charge in [0.1, 0.15) is 11.5 Å². The van der Waals surface area contributed by atoms with E-state index in [1.165, 1.54) is 0 Å². The first kappa shape index (κ1) is 17.8. The number of para-hydroxylation sites is 1. The summed E-state index contributed by atoms with van der Waals surface area (Å²) in [7, 11) is 0. The van der Waals surface area contributed by atoms with Gasteiger partial charge in [-0.25, -0.2) is 0 Å². The lowest BCUT2D eigenvalue weighted by molar-refractivity contribution is -0.136. The molecule has 0 saturated heterocycles. The molecule has 28 heavy (non-hydrogen) atoms. The van der Waals surface area contributed by atoms with Crippen molar-refractivity contribution in [2.75, 3.05) is 5.32 Å². The van der Waals surface area contributed by atoms with Crippen LogP contribution in [0.2, 0.25) is 0 Å². The summed E-state index contributed by atoms with van der Waals surface area (Å²) < 4.78 is 5.71. The number of aromatic amines is 1. The smallest absolute Gasteiger partial charge is 0.313 e. The monoisotopic (exact) mass is 376 g/mol. The fourth-order valence-electron chi connectivity index (χ4n) is 3.21. The summed E-state index contributed by atoms with van der Waals surface area (Å²) in [5, 5.41) is 12.4. The van der Waals surface area contributed by atoms with E-state index in [0.717, 1.165) is 29.8 Å². The third-order valence-corrected chi connectivity index (χ3v) is 4.65. The van der Waals surface area contributed by atoms with Crippen molar-refractivity contribution in [3.05, 3.63) is 72.1 Å². The number of aromatic nitrogens is 2. The van der Waals surface area contributed by atoms with Crippen LogP contribution in [0.4, 0.5) is 5.69 Å². The van der Waals surface area contributed by atoms with Crippen molar-refractivity contribution >= 4 is 17.5 Å². The average Bonchev–Trinajstić information content (AvgIpc) is 3.18. The molecule has 0 aliphatic heterocycles. The Bertz CT molecular complexity index is 967. The van der Waals surface area contributed by atoms with E-state index in [1.807, 2.05) is 30.3 Å². The number of carbonyl (C=O) groups excluding carboxylic acids is 2. The molecule has 1 aliphatic carbocycles. The van der Waals surface area contributed by atoms with Crippen molar-refractivity contribution in [3.8, 4) is 11.5 Å². The molecule has 4 rings (SSSR count). The van der Waals surface area contributed by atoms with E-state index >= 15 is 0 Å². The summed E-state index contributed by atoms with van der Waals surface area (Å²) in [5.41, 5.74) is 2.72. The molecule has 7 nitrogen and oxygen atoms in total. The number of carbonyl (C=O) groups is 2. The molecule has 1 heterocycles. The van der Waals surface area contributed by atoms with Crippen LogP contribution in [-0.2, 0) is 22.4 Å².